The number of aliphatic hydroxyl groups excluding tert-OH is 1. The highest BCUT2D eigenvalue weighted by atomic mass is 19.1. The highest BCUT2D eigenvalue weighted by Gasteiger charge is 2.28. The van der Waals surface area contributed by atoms with Crippen LogP contribution >= 0.6 is 0 Å². The molecule has 2 aromatic carbocycles. The van der Waals surface area contributed by atoms with Gasteiger partial charge in [0.05, 0.1) is 0 Å². The van der Waals surface area contributed by atoms with E-state index < -0.39 is 0 Å². The first-order valence-corrected chi connectivity index (χ1v) is 9.42. The number of piperazine rings is 1. The minimum atomic E-state index is -0.211. The maximum absolute atomic E-state index is 13.1. The zero-order valence-electron chi connectivity index (χ0n) is 15.3. The molecule has 1 saturated heterocycles. The Morgan fingerprint density at radius 1 is 1.04 bits per heavy atom. The topological polar surface area (TPSA) is 45.2 Å². The molecule has 2 heterocycles. The van der Waals surface area contributed by atoms with E-state index >= 15 is 0 Å². The summed E-state index contributed by atoms with van der Waals surface area (Å²) in [5, 5.41) is 9.51. The zero-order valence-corrected chi connectivity index (χ0v) is 15.3. The minimum Gasteiger partial charge on any atom is -0.454 e. The fourth-order valence-corrected chi connectivity index (χ4v) is 3.91. The second kappa shape index (κ2) is 8.25. The molecule has 27 heavy (non-hydrogen) atoms. The first-order valence-electron chi connectivity index (χ1n) is 9.42. The summed E-state index contributed by atoms with van der Waals surface area (Å²) in [4.78, 5) is 4.79. The fourth-order valence-electron chi connectivity index (χ4n) is 3.91. The summed E-state index contributed by atoms with van der Waals surface area (Å²) in [5.41, 5.74) is 2.24. The predicted octanol–water partition coefficient (Wildman–Crippen LogP) is 2.62. The molecule has 2 aliphatic rings. The largest absolute Gasteiger partial charge is 0.454 e. The second-order valence-electron chi connectivity index (χ2n) is 7.15. The van der Waals surface area contributed by atoms with Gasteiger partial charge in [-0.1, -0.05) is 24.3 Å². The van der Waals surface area contributed by atoms with Crippen LogP contribution in [0.2, 0.25) is 0 Å². The smallest absolute Gasteiger partial charge is 0.231 e. The van der Waals surface area contributed by atoms with Crippen LogP contribution in [0.3, 0.4) is 0 Å². The normalized spacial score (nSPS) is 20.1. The lowest BCUT2D eigenvalue weighted by Gasteiger charge is -2.41. The second-order valence-corrected chi connectivity index (χ2v) is 7.15. The van der Waals surface area contributed by atoms with Gasteiger partial charge in [-0.05, 0) is 30.2 Å². The lowest BCUT2D eigenvalue weighted by Crippen LogP contribution is -2.52. The molecule has 2 aromatic rings. The summed E-state index contributed by atoms with van der Waals surface area (Å²) in [5.74, 6) is 1.45. The highest BCUT2D eigenvalue weighted by molar-refractivity contribution is 5.48. The molecular weight excluding hydrogens is 347 g/mol. The SMILES string of the molecule is OCC[C@H]1CN(Cc2cccc3c2OCO3)CCN1Cc1ccc(F)cc1. The van der Waals surface area contributed by atoms with Crippen LogP contribution in [0.1, 0.15) is 17.5 Å². The molecular formula is C21H25FN2O3. The molecule has 0 radical (unpaired) electrons. The van der Waals surface area contributed by atoms with Crippen molar-refractivity contribution in [2.75, 3.05) is 33.0 Å². The van der Waals surface area contributed by atoms with Crippen LogP contribution in [0.4, 0.5) is 4.39 Å². The van der Waals surface area contributed by atoms with E-state index in [9.17, 15) is 9.50 Å². The van der Waals surface area contributed by atoms with Gasteiger partial charge in [0, 0.05) is 50.9 Å². The monoisotopic (exact) mass is 372 g/mol. The molecule has 5 nitrogen and oxygen atoms in total. The average Bonchev–Trinajstić information content (AvgIpc) is 3.16. The number of aliphatic hydroxyl groups is 1. The number of fused-ring (bicyclic) bond motifs is 1. The Labute approximate surface area is 158 Å². The Balaban J connectivity index is 1.42. The predicted molar refractivity (Wildman–Crippen MR) is 100 cm³/mol. The van der Waals surface area contributed by atoms with Crippen molar-refractivity contribution >= 4 is 0 Å². The standard InChI is InChI=1S/C21H25FN2O3/c22-18-6-4-16(5-7-18)12-24-10-9-23(14-19(24)8-11-25)13-17-2-1-3-20-21(17)27-15-26-20/h1-7,19,25H,8-15H2/t19-/m0/s1. The van der Waals surface area contributed by atoms with E-state index in [1.165, 1.54) is 12.1 Å². The maximum Gasteiger partial charge on any atom is 0.231 e. The molecule has 144 valence electrons. The van der Waals surface area contributed by atoms with E-state index in [2.05, 4.69) is 15.9 Å². The third-order valence-electron chi connectivity index (χ3n) is 5.32. The number of para-hydroxylation sites is 1. The molecule has 0 aliphatic carbocycles. The van der Waals surface area contributed by atoms with Gasteiger partial charge in [-0.25, -0.2) is 4.39 Å². The van der Waals surface area contributed by atoms with Crippen LogP contribution in [0.15, 0.2) is 42.5 Å². The molecule has 2 aliphatic heterocycles. The van der Waals surface area contributed by atoms with Crippen LogP contribution < -0.4 is 9.47 Å². The van der Waals surface area contributed by atoms with E-state index in [1.54, 1.807) is 0 Å². The number of rotatable bonds is 6. The fraction of sp³-hybridized carbons (Fsp3) is 0.429. The van der Waals surface area contributed by atoms with Gasteiger partial charge in [0.15, 0.2) is 11.5 Å². The third-order valence-corrected chi connectivity index (χ3v) is 5.32. The first kappa shape index (κ1) is 18.2. The maximum atomic E-state index is 13.1. The number of ether oxygens (including phenoxy) is 2. The molecule has 1 N–H and O–H groups in total. The van der Waals surface area contributed by atoms with E-state index in [0.717, 1.165) is 61.8 Å². The number of halogens is 1. The van der Waals surface area contributed by atoms with E-state index in [0.29, 0.717) is 0 Å². The van der Waals surface area contributed by atoms with Gasteiger partial charge in [-0.2, -0.15) is 0 Å². The van der Waals surface area contributed by atoms with Crippen LogP contribution in [-0.2, 0) is 13.1 Å². The summed E-state index contributed by atoms with van der Waals surface area (Å²) < 4.78 is 24.2. The average molecular weight is 372 g/mol. The molecule has 0 aromatic heterocycles. The summed E-state index contributed by atoms with van der Waals surface area (Å²) in [6, 6.07) is 13.0. The highest BCUT2D eigenvalue weighted by Crippen LogP contribution is 2.36. The van der Waals surface area contributed by atoms with E-state index in [4.69, 9.17) is 9.47 Å². The van der Waals surface area contributed by atoms with Crippen molar-refractivity contribution in [3.63, 3.8) is 0 Å². The van der Waals surface area contributed by atoms with E-state index in [1.807, 2.05) is 24.3 Å². The van der Waals surface area contributed by atoms with Crippen molar-refractivity contribution in [1.29, 1.82) is 0 Å². The van der Waals surface area contributed by atoms with Crippen LogP contribution in [0, 0.1) is 5.82 Å². The van der Waals surface area contributed by atoms with Gasteiger partial charge in [-0.3, -0.25) is 9.80 Å². The van der Waals surface area contributed by atoms with Gasteiger partial charge in [0.25, 0.3) is 0 Å². The summed E-state index contributed by atoms with van der Waals surface area (Å²) >= 11 is 0. The van der Waals surface area contributed by atoms with Gasteiger partial charge in [0.2, 0.25) is 6.79 Å². The summed E-state index contributed by atoms with van der Waals surface area (Å²) in [6.07, 6.45) is 0.726. The van der Waals surface area contributed by atoms with Gasteiger partial charge < -0.3 is 14.6 Å². The number of benzene rings is 2. The molecule has 0 amide bonds. The Bertz CT molecular complexity index is 769. The number of hydrogen-bond acceptors (Lipinski definition) is 5. The molecule has 0 bridgehead atoms. The minimum absolute atomic E-state index is 0.163. The van der Waals surface area contributed by atoms with Gasteiger partial charge >= 0.3 is 0 Å². The lowest BCUT2D eigenvalue weighted by molar-refractivity contribution is 0.0495. The zero-order chi connectivity index (χ0) is 18.6. The Morgan fingerprint density at radius 2 is 1.89 bits per heavy atom. The summed E-state index contributed by atoms with van der Waals surface area (Å²) in [6.45, 7) is 4.75. The first-order chi connectivity index (χ1) is 13.2. The third kappa shape index (κ3) is 4.24. The van der Waals surface area contributed by atoms with Crippen LogP contribution in [0.5, 0.6) is 11.5 Å². The van der Waals surface area contributed by atoms with E-state index in [-0.39, 0.29) is 25.3 Å². The summed E-state index contributed by atoms with van der Waals surface area (Å²) in [7, 11) is 0. The Hall–Kier alpha value is -2.15. The van der Waals surface area contributed by atoms with Crippen molar-refractivity contribution in [2.45, 2.75) is 25.6 Å². The Kier molecular flexibility index (Phi) is 5.57. The van der Waals surface area contributed by atoms with Crippen molar-refractivity contribution in [3.05, 3.63) is 59.4 Å². The van der Waals surface area contributed by atoms with Gasteiger partial charge in [-0.15, -0.1) is 0 Å². The molecule has 0 saturated carbocycles. The molecule has 6 heteroatoms. The van der Waals surface area contributed by atoms with Crippen LogP contribution in [-0.4, -0.2) is 54.0 Å². The molecule has 4 rings (SSSR count). The van der Waals surface area contributed by atoms with Crippen molar-refractivity contribution in [3.8, 4) is 11.5 Å². The van der Waals surface area contributed by atoms with Crippen LogP contribution in [0.25, 0.3) is 0 Å². The lowest BCUT2D eigenvalue weighted by atomic mass is 10.1. The quantitative estimate of drug-likeness (QED) is 0.845. The Morgan fingerprint density at radius 3 is 2.70 bits per heavy atom. The number of hydrogen-bond donors (Lipinski definition) is 1. The molecule has 0 unspecified atom stereocenters. The molecule has 1 fully saturated rings. The van der Waals surface area contributed by atoms with Crippen molar-refractivity contribution in [1.82, 2.24) is 9.80 Å². The van der Waals surface area contributed by atoms with Crippen molar-refractivity contribution in [2.24, 2.45) is 0 Å². The van der Waals surface area contributed by atoms with Crippen molar-refractivity contribution < 1.29 is 19.0 Å². The molecule has 1 atom stereocenters. The number of nitrogens with zero attached hydrogens (tertiary/aromatic N) is 2. The van der Waals surface area contributed by atoms with Gasteiger partial charge in [0.1, 0.15) is 5.82 Å². The molecule has 0 spiro atoms.